The van der Waals surface area contributed by atoms with E-state index >= 15 is 0 Å². The van der Waals surface area contributed by atoms with Gasteiger partial charge in [-0.3, -0.25) is 9.89 Å². The Kier molecular flexibility index (Phi) is 3.71. The Bertz CT molecular complexity index is 730. The lowest BCUT2D eigenvalue weighted by Gasteiger charge is -2.21. The first-order valence-corrected chi connectivity index (χ1v) is 8.31. The highest BCUT2D eigenvalue weighted by molar-refractivity contribution is 9.10. The van der Waals surface area contributed by atoms with Crippen molar-refractivity contribution in [1.29, 1.82) is 0 Å². The van der Waals surface area contributed by atoms with E-state index in [1.807, 2.05) is 24.3 Å². The van der Waals surface area contributed by atoms with Crippen LogP contribution < -0.4 is 0 Å². The molecule has 0 bridgehead atoms. The summed E-state index contributed by atoms with van der Waals surface area (Å²) in [7, 11) is 0. The second kappa shape index (κ2) is 5.74. The van der Waals surface area contributed by atoms with Crippen molar-refractivity contribution in [3.63, 3.8) is 0 Å². The fourth-order valence-electron chi connectivity index (χ4n) is 3.31. The highest BCUT2D eigenvalue weighted by Crippen LogP contribution is 2.31. The van der Waals surface area contributed by atoms with Crippen molar-refractivity contribution in [3.8, 4) is 11.3 Å². The number of carbonyl (C=O) groups excluding carboxylic acids is 1. The topological polar surface area (TPSA) is 78.5 Å². The smallest absolute Gasteiger partial charge is 0.272 e. The van der Waals surface area contributed by atoms with Gasteiger partial charge in [0.1, 0.15) is 5.69 Å². The fraction of sp³-hybridized carbons (Fsp3) is 0.375. The molecule has 2 fully saturated rings. The minimum Gasteiger partial charge on any atom is -0.391 e. The zero-order chi connectivity index (χ0) is 16.0. The number of ether oxygens (including phenoxy) is 1. The van der Waals surface area contributed by atoms with Gasteiger partial charge in [-0.1, -0.05) is 28.1 Å². The number of hydrogen-bond acceptors (Lipinski definition) is 4. The number of aliphatic hydroxyl groups is 1. The van der Waals surface area contributed by atoms with E-state index in [4.69, 9.17) is 4.74 Å². The van der Waals surface area contributed by atoms with Gasteiger partial charge in [0, 0.05) is 22.5 Å². The van der Waals surface area contributed by atoms with Gasteiger partial charge in [-0.05, 0) is 18.2 Å². The van der Waals surface area contributed by atoms with Crippen molar-refractivity contribution in [2.45, 2.75) is 12.1 Å². The molecule has 0 radical (unpaired) electrons. The van der Waals surface area contributed by atoms with Crippen LogP contribution in [-0.4, -0.2) is 58.0 Å². The number of likely N-dealkylation sites (tertiary alicyclic amines) is 1. The van der Waals surface area contributed by atoms with Crippen LogP contribution >= 0.6 is 15.9 Å². The molecule has 7 heteroatoms. The second-order valence-corrected chi connectivity index (χ2v) is 6.88. The SMILES string of the molecule is O=C(c1cc(-c2ccc(Br)cc2)n[nH]1)N1C[C@@H](O)[C@@H]2COC[C@@H]21. The normalized spacial score (nSPS) is 26.5. The predicted octanol–water partition coefficient (Wildman–Crippen LogP) is 1.67. The van der Waals surface area contributed by atoms with Gasteiger partial charge >= 0.3 is 0 Å². The van der Waals surface area contributed by atoms with Crippen molar-refractivity contribution >= 4 is 21.8 Å². The average molecular weight is 378 g/mol. The van der Waals surface area contributed by atoms with Gasteiger partial charge in [-0.2, -0.15) is 5.10 Å². The predicted molar refractivity (Wildman–Crippen MR) is 86.9 cm³/mol. The molecule has 1 aromatic heterocycles. The third-order valence-electron chi connectivity index (χ3n) is 4.58. The van der Waals surface area contributed by atoms with Crippen LogP contribution in [0.2, 0.25) is 0 Å². The number of amides is 1. The average Bonchev–Trinajstić information content (AvgIpc) is 3.25. The summed E-state index contributed by atoms with van der Waals surface area (Å²) in [5.41, 5.74) is 2.09. The van der Waals surface area contributed by atoms with Crippen molar-refractivity contribution in [2.75, 3.05) is 19.8 Å². The number of carbonyl (C=O) groups is 1. The van der Waals surface area contributed by atoms with Gasteiger partial charge < -0.3 is 14.7 Å². The maximum atomic E-state index is 12.7. The number of aromatic nitrogens is 2. The monoisotopic (exact) mass is 377 g/mol. The Morgan fingerprint density at radius 1 is 1.35 bits per heavy atom. The standard InChI is InChI=1S/C16H16BrN3O3/c17-10-3-1-9(2-4-10)12-5-13(19-18-12)16(22)20-6-15(21)11-7-23-8-14(11)20/h1-5,11,14-15,21H,6-8H2,(H,18,19)/t11-,14+,15-/m1/s1. The van der Waals surface area contributed by atoms with Crippen LogP contribution in [0, 0.1) is 5.92 Å². The van der Waals surface area contributed by atoms with Crippen LogP contribution in [0.4, 0.5) is 0 Å². The third-order valence-corrected chi connectivity index (χ3v) is 5.11. The molecule has 23 heavy (non-hydrogen) atoms. The number of nitrogens with one attached hydrogen (secondary N) is 1. The third kappa shape index (κ3) is 2.58. The molecule has 1 aromatic carbocycles. The van der Waals surface area contributed by atoms with Crippen LogP contribution in [0.1, 0.15) is 10.5 Å². The molecular formula is C16H16BrN3O3. The molecular weight excluding hydrogens is 362 g/mol. The molecule has 2 saturated heterocycles. The highest BCUT2D eigenvalue weighted by atomic mass is 79.9. The summed E-state index contributed by atoms with van der Waals surface area (Å²) < 4.78 is 6.39. The molecule has 0 spiro atoms. The van der Waals surface area contributed by atoms with E-state index in [0.29, 0.717) is 25.5 Å². The van der Waals surface area contributed by atoms with Gasteiger partial charge in [0.25, 0.3) is 5.91 Å². The maximum absolute atomic E-state index is 12.7. The van der Waals surface area contributed by atoms with Crippen molar-refractivity contribution in [3.05, 3.63) is 40.5 Å². The van der Waals surface area contributed by atoms with Crippen LogP contribution in [0.15, 0.2) is 34.8 Å². The van der Waals surface area contributed by atoms with E-state index in [9.17, 15) is 9.90 Å². The summed E-state index contributed by atoms with van der Waals surface area (Å²) in [6.45, 7) is 1.36. The van der Waals surface area contributed by atoms with E-state index in [0.717, 1.165) is 15.7 Å². The molecule has 3 atom stereocenters. The van der Waals surface area contributed by atoms with Crippen molar-refractivity contribution < 1.29 is 14.6 Å². The van der Waals surface area contributed by atoms with Gasteiger partial charge in [0.05, 0.1) is 31.1 Å². The lowest BCUT2D eigenvalue weighted by atomic mass is 10.0. The molecule has 120 valence electrons. The fourth-order valence-corrected chi connectivity index (χ4v) is 3.57. The quantitative estimate of drug-likeness (QED) is 0.834. The number of nitrogens with zero attached hydrogens (tertiary/aromatic N) is 2. The Hall–Kier alpha value is -1.70. The molecule has 3 heterocycles. The molecule has 0 aliphatic carbocycles. The highest BCUT2D eigenvalue weighted by Gasteiger charge is 2.47. The van der Waals surface area contributed by atoms with Crippen LogP contribution in [-0.2, 0) is 4.74 Å². The van der Waals surface area contributed by atoms with Gasteiger partial charge in [0.2, 0.25) is 0 Å². The number of benzene rings is 1. The number of H-pyrrole nitrogens is 1. The Morgan fingerprint density at radius 2 is 2.13 bits per heavy atom. The first-order chi connectivity index (χ1) is 11.1. The zero-order valence-electron chi connectivity index (χ0n) is 12.3. The van der Waals surface area contributed by atoms with Crippen LogP contribution in [0.3, 0.4) is 0 Å². The Labute approximate surface area is 141 Å². The number of aromatic amines is 1. The zero-order valence-corrected chi connectivity index (χ0v) is 13.9. The lowest BCUT2D eigenvalue weighted by molar-refractivity contribution is 0.0622. The Morgan fingerprint density at radius 3 is 2.91 bits per heavy atom. The van der Waals surface area contributed by atoms with Gasteiger partial charge in [0.15, 0.2) is 0 Å². The van der Waals surface area contributed by atoms with E-state index in [1.165, 1.54) is 0 Å². The molecule has 0 saturated carbocycles. The number of halogens is 1. The summed E-state index contributed by atoms with van der Waals surface area (Å²) in [5.74, 6) is -0.120. The van der Waals surface area contributed by atoms with Gasteiger partial charge in [-0.15, -0.1) is 0 Å². The van der Waals surface area contributed by atoms with Crippen LogP contribution in [0.25, 0.3) is 11.3 Å². The first-order valence-electron chi connectivity index (χ1n) is 7.51. The second-order valence-electron chi connectivity index (χ2n) is 5.97. The number of β-amino-alcohol motifs (C(OH)–C–C–N with tert-alkyl or cyclic N) is 1. The van der Waals surface area contributed by atoms with E-state index < -0.39 is 6.10 Å². The number of hydrogen-bond donors (Lipinski definition) is 2. The molecule has 0 unspecified atom stereocenters. The Balaban J connectivity index is 1.57. The maximum Gasteiger partial charge on any atom is 0.272 e. The van der Waals surface area contributed by atoms with E-state index in [1.54, 1.807) is 11.0 Å². The number of fused-ring (bicyclic) bond motifs is 1. The van der Waals surface area contributed by atoms with E-state index in [-0.39, 0.29) is 17.9 Å². The summed E-state index contributed by atoms with van der Waals surface area (Å²) in [6.07, 6.45) is -0.514. The van der Waals surface area contributed by atoms with Crippen LogP contribution in [0.5, 0.6) is 0 Å². The van der Waals surface area contributed by atoms with Crippen molar-refractivity contribution in [2.24, 2.45) is 5.92 Å². The molecule has 6 nitrogen and oxygen atoms in total. The number of rotatable bonds is 2. The molecule has 2 aliphatic heterocycles. The summed E-state index contributed by atoms with van der Waals surface area (Å²) in [4.78, 5) is 14.4. The summed E-state index contributed by atoms with van der Waals surface area (Å²) in [5, 5.41) is 17.1. The largest absolute Gasteiger partial charge is 0.391 e. The summed E-state index contributed by atoms with van der Waals surface area (Å²) >= 11 is 3.40. The van der Waals surface area contributed by atoms with E-state index in [2.05, 4.69) is 26.1 Å². The summed E-state index contributed by atoms with van der Waals surface area (Å²) in [6, 6.07) is 9.45. The minimum atomic E-state index is -0.514. The van der Waals surface area contributed by atoms with Gasteiger partial charge in [-0.25, -0.2) is 0 Å². The van der Waals surface area contributed by atoms with Crippen molar-refractivity contribution in [1.82, 2.24) is 15.1 Å². The molecule has 1 amide bonds. The molecule has 2 N–H and O–H groups in total. The first kappa shape index (κ1) is 14.9. The molecule has 2 aliphatic rings. The minimum absolute atomic E-state index is 0.0211. The lowest BCUT2D eigenvalue weighted by Crippen LogP contribution is -2.38. The molecule has 2 aromatic rings. The molecule has 4 rings (SSSR count). The number of aliphatic hydroxyl groups excluding tert-OH is 1.